The van der Waals surface area contributed by atoms with Crippen molar-refractivity contribution in [3.8, 4) is 5.88 Å². The van der Waals surface area contributed by atoms with Crippen molar-refractivity contribution >= 4 is 127 Å². The van der Waals surface area contributed by atoms with Gasteiger partial charge in [0.1, 0.15) is 11.0 Å². The highest BCUT2D eigenvalue weighted by Crippen LogP contribution is 2.69. The number of aromatic nitrogens is 11. The molecule has 15 atom stereocenters. The molecule has 0 radical (unpaired) electrons. The van der Waals surface area contributed by atoms with Gasteiger partial charge in [-0.05, 0) is 33.8 Å². The summed E-state index contributed by atoms with van der Waals surface area (Å²) in [6.07, 6.45) is -3.44. The van der Waals surface area contributed by atoms with E-state index < -0.39 is 144 Å². The fourth-order valence-corrected chi connectivity index (χ4v) is 18.3. The highest BCUT2D eigenvalue weighted by atomic mass is 31.3. The normalized spacial score (nSPS) is 27.7. The Kier molecular flexibility index (Phi) is 24.0. The molecule has 3 fully saturated rings. The maximum absolute atomic E-state index is 15.4. The van der Waals surface area contributed by atoms with E-state index in [-0.39, 0.29) is 77.4 Å². The monoisotopic (exact) mass is 1580 g/mol. The number of imidazole rings is 3. The van der Waals surface area contributed by atoms with Gasteiger partial charge in [-0.15, -0.1) is 0 Å². The Balaban J connectivity index is 0.000000205. The standard InChI is InChI=1S/C13H21FN5O12P3.C12H18FN4O11P3.C11H18FN6O11P3/c1-3-27-10-8-9(17-12(15)18-10)19(6-16-8)11-13(2,14)4-7(29-11)5-28-33(23,24)31-34(25,26)30-32(20,21)22;1-12(13)4-7(5-25-30(21,22)28-31(23,24)27-29(18,19)20)26-11(12)17-6-16-9-8(14)2-3-15-10(9)17;1-11(12)2-5(3-26-31(22,23)29-32(24,25)28-30(19,20)21)27-9(11)18-4-15-6-7(13)16-10(14)17-8(6)18/h6-7,11H,3-5H2,1-2H3,(H,23,24)(H,25,26)(H2,15,17,18)(H2,20,21,22);2-3,6-7,11H,4-5H2,1H3,(H2,14,15)(H,21,22)(H,23,24)(H2,18,19,20);4-5,9H,2-3H2,1H3,(H,22,23)(H,24,25)(H2,19,20,21)(H4,13,14,16,17)/t7-,11+,13+;7-,11+,12+;5-,9+,11+/m000/s1. The topological polar surface area (TPSA) is 738 Å². The molecule has 0 spiro atoms. The highest BCUT2D eigenvalue weighted by Gasteiger charge is 2.53. The zero-order valence-corrected chi connectivity index (χ0v) is 57.1. The fraction of sp³-hybridized carbons (Fsp3) is 0.556. The van der Waals surface area contributed by atoms with Crippen molar-refractivity contribution in [2.24, 2.45) is 0 Å². The van der Waals surface area contributed by atoms with Gasteiger partial charge < -0.3 is 101 Å². The maximum atomic E-state index is 15.4. The van der Waals surface area contributed by atoms with E-state index in [9.17, 15) is 60.7 Å². The molecule has 6 aromatic rings. The molecule has 97 heavy (non-hydrogen) atoms. The minimum atomic E-state index is -5.68. The second-order valence-electron chi connectivity index (χ2n) is 20.6. The zero-order chi connectivity index (χ0) is 72.9. The summed E-state index contributed by atoms with van der Waals surface area (Å²) in [4.78, 5) is 139. The van der Waals surface area contributed by atoms with Crippen molar-refractivity contribution in [1.82, 2.24) is 53.6 Å². The van der Waals surface area contributed by atoms with Gasteiger partial charge in [0.2, 0.25) is 17.8 Å². The number of hydrogen-bond acceptors (Lipinski definition) is 34. The number of nitrogens with two attached hydrogens (primary N) is 4. The van der Waals surface area contributed by atoms with Gasteiger partial charge in [-0.1, -0.05) is 0 Å². The molecule has 0 bridgehead atoms. The van der Waals surface area contributed by atoms with Gasteiger partial charge in [-0.3, -0.25) is 27.3 Å². The van der Waals surface area contributed by atoms with Crippen molar-refractivity contribution in [3.63, 3.8) is 0 Å². The number of fused-ring (bicyclic) bond motifs is 3. The third-order valence-corrected chi connectivity index (χ3v) is 23.7. The van der Waals surface area contributed by atoms with Gasteiger partial charge >= 0.3 is 70.4 Å². The fourth-order valence-electron chi connectivity index (χ4n) is 9.13. The lowest BCUT2D eigenvalue weighted by Crippen LogP contribution is -2.27. The predicted molar refractivity (Wildman–Crippen MR) is 311 cm³/mol. The lowest BCUT2D eigenvalue weighted by Gasteiger charge is -2.22. The van der Waals surface area contributed by atoms with E-state index in [1.807, 2.05) is 0 Å². The molecule has 6 unspecified atom stereocenters. The molecule has 9 heterocycles. The quantitative estimate of drug-likeness (QED) is 0.0347. The zero-order valence-electron chi connectivity index (χ0n) is 49.0. The molecule has 20 N–H and O–H groups in total. The van der Waals surface area contributed by atoms with E-state index in [0.29, 0.717) is 11.2 Å². The van der Waals surface area contributed by atoms with Gasteiger partial charge in [0.05, 0.1) is 69.4 Å². The Morgan fingerprint density at radius 2 is 0.804 bits per heavy atom. The molecular formula is C36H57F3N15O34P9. The number of nitrogens with zero attached hydrogens (tertiary/aromatic N) is 11. The number of nitrogen functional groups attached to an aromatic ring is 4. The van der Waals surface area contributed by atoms with Crippen LogP contribution in [0, 0.1) is 0 Å². The van der Waals surface area contributed by atoms with E-state index in [2.05, 4.69) is 79.3 Å². The first-order chi connectivity index (χ1) is 44.1. The van der Waals surface area contributed by atoms with Crippen LogP contribution in [0.5, 0.6) is 5.88 Å². The molecule has 3 aliphatic rings. The van der Waals surface area contributed by atoms with Gasteiger partial charge in [0.25, 0.3) is 0 Å². The number of phosphoric ester groups is 3. The van der Waals surface area contributed by atoms with Gasteiger partial charge in [-0.25, -0.2) is 74.2 Å². The summed E-state index contributed by atoms with van der Waals surface area (Å²) >= 11 is 0. The van der Waals surface area contributed by atoms with Crippen molar-refractivity contribution in [2.75, 3.05) is 49.4 Å². The SMILES string of the molecule is CCOc1nc(N)nc2c1ncn2[C@@H]1O[C@H](COP(=O)(O)OP(=O)(O)OP(=O)(O)O)C[C@@]1(C)F.C[C@@]1(F)C[C@@H](COP(=O)(O)OP(=O)(O)OP(=O)(O)O)O[C@H]1n1cnc2c(N)ccnc21.C[C@@]1(F)C[C@@H](COP(=O)(O)OP(=O)(O)OP(=O)(O)O)O[C@H]1n1cnc2c(N)nc(N)nc21. The first kappa shape index (κ1) is 79.9. The Morgan fingerprint density at radius 1 is 0.474 bits per heavy atom. The number of anilines is 4. The van der Waals surface area contributed by atoms with Crippen molar-refractivity contribution in [2.45, 2.75) is 101 Å². The molecule has 9 rings (SSSR count). The summed E-state index contributed by atoms with van der Waals surface area (Å²) in [5, 5.41) is 0. The summed E-state index contributed by atoms with van der Waals surface area (Å²) in [7, 11) is -49.7. The first-order valence-corrected chi connectivity index (χ1v) is 39.5. The van der Waals surface area contributed by atoms with Crippen molar-refractivity contribution in [3.05, 3.63) is 31.2 Å². The van der Waals surface area contributed by atoms with Crippen LogP contribution in [0.4, 0.5) is 36.6 Å². The molecular weight excluding hydrogens is 1520 g/mol. The van der Waals surface area contributed by atoms with E-state index in [1.165, 1.54) is 65.7 Å². The Morgan fingerprint density at radius 3 is 1.16 bits per heavy atom. The summed E-state index contributed by atoms with van der Waals surface area (Å²) in [5.74, 6) is -0.333. The molecule has 0 aliphatic carbocycles. The summed E-state index contributed by atoms with van der Waals surface area (Å²) in [5.41, 5.74) is 17.9. The Labute approximate surface area is 538 Å². The van der Waals surface area contributed by atoms with Crippen LogP contribution in [0.2, 0.25) is 0 Å². The minimum Gasteiger partial charge on any atom is -0.476 e. The third kappa shape index (κ3) is 22.1. The van der Waals surface area contributed by atoms with Crippen LogP contribution in [-0.4, -0.2) is 174 Å². The number of ether oxygens (including phenoxy) is 4. The van der Waals surface area contributed by atoms with Crippen LogP contribution in [0.15, 0.2) is 31.2 Å². The van der Waals surface area contributed by atoms with Crippen LogP contribution in [0.1, 0.15) is 65.6 Å². The predicted octanol–water partition coefficient (Wildman–Crippen LogP) is 2.89. The largest absolute Gasteiger partial charge is 0.490 e. The summed E-state index contributed by atoms with van der Waals surface area (Å²) in [6, 6.07) is 1.51. The van der Waals surface area contributed by atoms with Gasteiger partial charge in [0.15, 0.2) is 64.0 Å². The molecule has 0 amide bonds. The number of alkyl halides is 3. The van der Waals surface area contributed by atoms with Crippen LogP contribution in [0.25, 0.3) is 33.5 Å². The smallest absolute Gasteiger partial charge is 0.476 e. The molecule has 3 saturated heterocycles. The molecule has 61 heteroatoms. The molecule has 6 aromatic heterocycles. The average molecular weight is 1580 g/mol. The molecule has 3 aliphatic heterocycles. The van der Waals surface area contributed by atoms with Crippen LogP contribution < -0.4 is 27.7 Å². The molecule has 0 saturated carbocycles. The average Bonchev–Trinajstić information content (AvgIpc) is 1.63. The highest BCUT2D eigenvalue weighted by molar-refractivity contribution is 7.67. The lowest BCUT2D eigenvalue weighted by atomic mass is 10.0. The van der Waals surface area contributed by atoms with Crippen LogP contribution >= 0.6 is 70.4 Å². The van der Waals surface area contributed by atoms with Crippen molar-refractivity contribution < 1.29 is 171 Å². The lowest BCUT2D eigenvalue weighted by molar-refractivity contribution is -0.0559. The third-order valence-electron chi connectivity index (χ3n) is 12.3. The number of rotatable bonds is 26. The minimum absolute atomic E-state index is 0.0472. The number of phosphoric acid groups is 9. The van der Waals surface area contributed by atoms with E-state index in [1.54, 1.807) is 6.92 Å². The van der Waals surface area contributed by atoms with Gasteiger partial charge in [-0.2, -0.15) is 45.8 Å². The Bertz CT molecular complexity index is 4350. The van der Waals surface area contributed by atoms with Gasteiger partial charge in [0, 0.05) is 25.5 Å². The summed E-state index contributed by atoms with van der Waals surface area (Å²) in [6.45, 7) is 3.12. The van der Waals surface area contributed by atoms with E-state index in [0.717, 1.165) is 0 Å². The van der Waals surface area contributed by atoms with Crippen LogP contribution in [0.3, 0.4) is 0 Å². The summed E-state index contributed by atoms with van der Waals surface area (Å²) < 4.78 is 208. The second-order valence-corrected chi connectivity index (χ2v) is 33.9. The van der Waals surface area contributed by atoms with E-state index >= 15 is 13.2 Å². The number of halogens is 3. The number of hydrogen-bond donors (Lipinski definition) is 16. The number of pyridine rings is 1. The van der Waals surface area contributed by atoms with Crippen molar-refractivity contribution in [1.29, 1.82) is 0 Å². The molecule has 49 nitrogen and oxygen atoms in total. The van der Waals surface area contributed by atoms with Crippen LogP contribution in [-0.2, 0) is 94.7 Å². The Hall–Kier alpha value is -4.38. The first-order valence-electron chi connectivity index (χ1n) is 25.9. The maximum Gasteiger partial charge on any atom is 0.490 e. The molecule has 546 valence electrons. The molecule has 0 aromatic carbocycles. The second kappa shape index (κ2) is 29.2. The van der Waals surface area contributed by atoms with E-state index in [4.69, 9.17) is 81.0 Å².